The number of carbonyl (C=O) groups excluding carboxylic acids is 3. The summed E-state index contributed by atoms with van der Waals surface area (Å²) < 4.78 is 12.7. The molecule has 0 aliphatic carbocycles. The Bertz CT molecular complexity index is 1670. The molecular weight excluding hydrogens is 592 g/mol. The lowest BCUT2D eigenvalue weighted by molar-refractivity contribution is -0.162. The molecule has 6 rings (SSSR count). The Kier molecular flexibility index (Phi) is 9.09. The molecule has 47 heavy (non-hydrogen) atoms. The second-order valence-corrected chi connectivity index (χ2v) is 13.3. The third kappa shape index (κ3) is 5.37. The molecule has 3 heterocycles. The predicted octanol–water partition coefficient (Wildman–Crippen LogP) is 6.00. The summed E-state index contributed by atoms with van der Waals surface area (Å²) in [5.74, 6) is -3.20. The van der Waals surface area contributed by atoms with Crippen molar-refractivity contribution in [1.29, 1.82) is 0 Å². The van der Waals surface area contributed by atoms with Crippen LogP contribution in [-0.2, 0) is 23.9 Å². The molecule has 3 aromatic carbocycles. The molecule has 2 bridgehead atoms. The molecule has 0 radical (unpaired) electrons. The molecule has 1 spiro atoms. The van der Waals surface area contributed by atoms with E-state index in [0.717, 1.165) is 23.6 Å². The minimum Gasteiger partial charge on any atom is -0.465 e. The maximum atomic E-state index is 15.2. The van der Waals surface area contributed by atoms with E-state index in [-0.39, 0.29) is 30.9 Å². The number of rotatable bonds is 13. The SMILES string of the molecule is C=CCCCCOC(=O)[C@H]1[C@H]2C(=O)N([C@H](CO)c3ccccc3)C(C(=O)N(CC=C)c3ccc4ccccc4c3)C23CC(C)[C@]1(C)O3. The van der Waals surface area contributed by atoms with Gasteiger partial charge in [0.2, 0.25) is 5.91 Å². The lowest BCUT2D eigenvalue weighted by Crippen LogP contribution is -2.57. The average Bonchev–Trinajstić information content (AvgIpc) is 3.60. The topological polar surface area (TPSA) is 96.4 Å². The summed E-state index contributed by atoms with van der Waals surface area (Å²) in [5, 5.41) is 12.9. The van der Waals surface area contributed by atoms with Gasteiger partial charge in [0.05, 0.1) is 30.8 Å². The number of aliphatic hydroxyl groups excluding tert-OH is 1. The van der Waals surface area contributed by atoms with Gasteiger partial charge in [0.1, 0.15) is 17.6 Å². The van der Waals surface area contributed by atoms with Crippen LogP contribution in [-0.4, -0.2) is 64.8 Å². The summed E-state index contributed by atoms with van der Waals surface area (Å²) in [6, 6.07) is 21.0. The van der Waals surface area contributed by atoms with E-state index in [4.69, 9.17) is 9.47 Å². The average molecular weight is 637 g/mol. The fourth-order valence-electron chi connectivity index (χ4n) is 8.28. The number of carbonyl (C=O) groups is 3. The third-order valence-electron chi connectivity index (χ3n) is 10.6. The number of anilines is 1. The van der Waals surface area contributed by atoms with Crippen LogP contribution in [0.25, 0.3) is 10.8 Å². The maximum absolute atomic E-state index is 15.2. The number of allylic oxidation sites excluding steroid dienone is 1. The van der Waals surface area contributed by atoms with Crippen LogP contribution in [0.2, 0.25) is 0 Å². The number of fused-ring (bicyclic) bond motifs is 2. The number of esters is 1. The molecule has 0 aromatic heterocycles. The monoisotopic (exact) mass is 636 g/mol. The molecule has 1 N–H and O–H groups in total. The van der Waals surface area contributed by atoms with Crippen LogP contribution in [0.5, 0.6) is 0 Å². The first-order chi connectivity index (χ1) is 22.7. The Morgan fingerprint density at radius 1 is 1.06 bits per heavy atom. The van der Waals surface area contributed by atoms with Crippen LogP contribution >= 0.6 is 0 Å². The first kappa shape index (κ1) is 32.7. The maximum Gasteiger partial charge on any atom is 0.312 e. The smallest absolute Gasteiger partial charge is 0.312 e. The van der Waals surface area contributed by atoms with Gasteiger partial charge in [-0.3, -0.25) is 14.4 Å². The summed E-state index contributed by atoms with van der Waals surface area (Å²) in [7, 11) is 0. The molecule has 3 aliphatic rings. The van der Waals surface area contributed by atoms with Gasteiger partial charge in [-0.15, -0.1) is 13.2 Å². The molecule has 3 fully saturated rings. The van der Waals surface area contributed by atoms with E-state index >= 15 is 4.79 Å². The van der Waals surface area contributed by atoms with Crippen molar-refractivity contribution in [1.82, 2.24) is 4.90 Å². The Hall–Kier alpha value is -4.27. The highest BCUT2D eigenvalue weighted by Gasteiger charge is 2.81. The summed E-state index contributed by atoms with van der Waals surface area (Å²) in [6.45, 7) is 11.6. The van der Waals surface area contributed by atoms with Gasteiger partial charge in [-0.05, 0) is 67.0 Å². The van der Waals surface area contributed by atoms with E-state index in [1.807, 2.05) is 92.7 Å². The number of likely N-dealkylation sites (tertiary alicyclic amines) is 1. The fourth-order valence-corrected chi connectivity index (χ4v) is 8.28. The summed E-state index contributed by atoms with van der Waals surface area (Å²) >= 11 is 0. The standard InChI is InChI=1S/C39H44N2O6/c1-5-7-8-14-22-46-37(45)33-32-35(43)41(31(25-42)28-16-10-9-11-17-28)34(39(32)24-26(3)38(33,4)47-39)36(44)40(21-6-2)30-20-19-27-15-12-13-18-29(27)23-30/h5-6,9-13,15-20,23,26,31-34,42H,1-2,7-8,14,21-22,24-25H2,3-4H3/t26?,31-,32+,33-,34?,38+,39?/m1/s1. The minimum atomic E-state index is -1.30. The number of ether oxygens (including phenoxy) is 2. The number of benzene rings is 3. The van der Waals surface area contributed by atoms with Crippen LogP contribution in [0.3, 0.4) is 0 Å². The van der Waals surface area contributed by atoms with Crippen molar-refractivity contribution >= 4 is 34.2 Å². The van der Waals surface area contributed by atoms with Crippen molar-refractivity contribution in [3.8, 4) is 0 Å². The van der Waals surface area contributed by atoms with Gasteiger partial charge in [-0.2, -0.15) is 0 Å². The van der Waals surface area contributed by atoms with Crippen molar-refractivity contribution in [3.63, 3.8) is 0 Å². The van der Waals surface area contributed by atoms with Crippen LogP contribution in [0, 0.1) is 17.8 Å². The van der Waals surface area contributed by atoms with E-state index < -0.39 is 47.7 Å². The van der Waals surface area contributed by atoms with Gasteiger partial charge in [0.25, 0.3) is 5.91 Å². The first-order valence-corrected chi connectivity index (χ1v) is 16.6. The molecule has 3 unspecified atom stereocenters. The minimum absolute atomic E-state index is 0.141. The van der Waals surface area contributed by atoms with E-state index in [2.05, 4.69) is 13.2 Å². The van der Waals surface area contributed by atoms with E-state index in [0.29, 0.717) is 24.1 Å². The fraction of sp³-hybridized carbons (Fsp3) is 0.410. The van der Waals surface area contributed by atoms with Crippen molar-refractivity contribution in [3.05, 3.63) is 104 Å². The lowest BCUT2D eigenvalue weighted by atomic mass is 9.62. The van der Waals surface area contributed by atoms with Crippen LogP contribution < -0.4 is 4.90 Å². The van der Waals surface area contributed by atoms with Gasteiger partial charge in [0.15, 0.2) is 0 Å². The molecule has 8 nitrogen and oxygen atoms in total. The highest BCUT2D eigenvalue weighted by molar-refractivity contribution is 6.06. The molecule has 7 atom stereocenters. The van der Waals surface area contributed by atoms with E-state index in [1.54, 1.807) is 11.0 Å². The molecule has 0 saturated carbocycles. The number of hydrogen-bond donors (Lipinski definition) is 1. The molecule has 8 heteroatoms. The molecule has 3 saturated heterocycles. The molecule has 2 amide bonds. The summed E-state index contributed by atoms with van der Waals surface area (Å²) in [5.41, 5.74) is -0.957. The highest BCUT2D eigenvalue weighted by atomic mass is 16.6. The zero-order valence-electron chi connectivity index (χ0n) is 27.2. The second kappa shape index (κ2) is 13.1. The van der Waals surface area contributed by atoms with Gasteiger partial charge >= 0.3 is 5.97 Å². The lowest BCUT2D eigenvalue weighted by Gasteiger charge is -2.39. The number of aliphatic hydroxyl groups is 1. The number of hydrogen-bond acceptors (Lipinski definition) is 6. The predicted molar refractivity (Wildman–Crippen MR) is 181 cm³/mol. The van der Waals surface area contributed by atoms with Crippen LogP contribution in [0.4, 0.5) is 5.69 Å². The third-order valence-corrected chi connectivity index (χ3v) is 10.6. The van der Waals surface area contributed by atoms with Crippen LogP contribution in [0.15, 0.2) is 98.1 Å². The summed E-state index contributed by atoms with van der Waals surface area (Å²) in [6.07, 6.45) is 6.24. The van der Waals surface area contributed by atoms with Gasteiger partial charge in [-0.1, -0.05) is 79.7 Å². The van der Waals surface area contributed by atoms with Crippen molar-refractivity contribution in [2.75, 3.05) is 24.7 Å². The van der Waals surface area contributed by atoms with Gasteiger partial charge < -0.3 is 24.4 Å². The van der Waals surface area contributed by atoms with Gasteiger partial charge in [-0.25, -0.2) is 0 Å². The quantitative estimate of drug-likeness (QED) is 0.140. The number of nitrogens with zero attached hydrogens (tertiary/aromatic N) is 2. The zero-order valence-corrected chi connectivity index (χ0v) is 27.2. The first-order valence-electron chi connectivity index (χ1n) is 16.6. The van der Waals surface area contributed by atoms with Crippen LogP contribution in [0.1, 0.15) is 51.1 Å². The zero-order chi connectivity index (χ0) is 33.3. The molecule has 3 aliphatic heterocycles. The van der Waals surface area contributed by atoms with Crippen molar-refractivity contribution < 1.29 is 29.0 Å². The Morgan fingerprint density at radius 3 is 2.49 bits per heavy atom. The van der Waals surface area contributed by atoms with Crippen molar-refractivity contribution in [2.24, 2.45) is 17.8 Å². The Labute approximate surface area is 276 Å². The van der Waals surface area contributed by atoms with Crippen molar-refractivity contribution in [2.45, 2.75) is 62.8 Å². The highest BCUT2D eigenvalue weighted by Crippen LogP contribution is 2.66. The Morgan fingerprint density at radius 2 is 1.79 bits per heavy atom. The second-order valence-electron chi connectivity index (χ2n) is 13.3. The molecular formula is C39H44N2O6. The van der Waals surface area contributed by atoms with Gasteiger partial charge in [0, 0.05) is 12.2 Å². The number of amides is 2. The molecule has 246 valence electrons. The molecule has 3 aromatic rings. The van der Waals surface area contributed by atoms with E-state index in [1.165, 1.54) is 4.90 Å². The largest absolute Gasteiger partial charge is 0.465 e. The van der Waals surface area contributed by atoms with E-state index in [9.17, 15) is 14.7 Å². The Balaban J connectivity index is 1.45. The normalized spacial score (nSPS) is 28.2. The summed E-state index contributed by atoms with van der Waals surface area (Å²) in [4.78, 5) is 47.1. The number of unbranched alkanes of at least 4 members (excludes halogenated alkanes) is 2.